The maximum absolute atomic E-state index is 13.8. The van der Waals surface area contributed by atoms with E-state index in [0.717, 1.165) is 5.56 Å². The lowest BCUT2D eigenvalue weighted by Crippen LogP contribution is -2.11. The highest BCUT2D eigenvalue weighted by Gasteiger charge is 2.13. The Morgan fingerprint density at radius 3 is 2.57 bits per heavy atom. The molecule has 2 N–H and O–H groups in total. The van der Waals surface area contributed by atoms with Crippen molar-refractivity contribution in [2.24, 2.45) is 0 Å². The van der Waals surface area contributed by atoms with Crippen LogP contribution >= 0.6 is 0 Å². The molecule has 0 aliphatic heterocycles. The molecule has 2 aromatic carbocycles. The van der Waals surface area contributed by atoms with Crippen LogP contribution in [-0.4, -0.2) is 19.0 Å². The maximum Gasteiger partial charge on any atom is 0.167 e. The predicted octanol–water partition coefficient (Wildman–Crippen LogP) is 3.13. The van der Waals surface area contributed by atoms with Crippen LogP contribution < -0.4 is 10.5 Å². The fraction of sp³-hybridized carbons (Fsp3) is 0.188. The molecule has 0 saturated heterocycles. The van der Waals surface area contributed by atoms with Crippen molar-refractivity contribution in [3.63, 3.8) is 0 Å². The van der Waals surface area contributed by atoms with E-state index in [0.29, 0.717) is 12.3 Å². The molecule has 0 aliphatic carbocycles. The predicted molar refractivity (Wildman–Crippen MR) is 79.4 cm³/mol. The summed E-state index contributed by atoms with van der Waals surface area (Å²) in [6, 6.07) is 12.1. The van der Waals surface area contributed by atoms with Crippen molar-refractivity contribution < 1.29 is 9.13 Å². The summed E-state index contributed by atoms with van der Waals surface area (Å²) in [4.78, 5) is 2.00. The average molecular weight is 285 g/mol. The van der Waals surface area contributed by atoms with Gasteiger partial charge in [0.05, 0.1) is 5.56 Å². The second-order valence-corrected chi connectivity index (χ2v) is 4.90. The zero-order chi connectivity index (χ0) is 15.4. The van der Waals surface area contributed by atoms with Crippen molar-refractivity contribution in [3.8, 4) is 17.6 Å². The van der Waals surface area contributed by atoms with Gasteiger partial charge in [-0.3, -0.25) is 0 Å². The van der Waals surface area contributed by atoms with Gasteiger partial charge in [0.15, 0.2) is 11.6 Å². The first-order chi connectivity index (χ1) is 10.0. The Balaban J connectivity index is 2.35. The number of ether oxygens (including phenoxy) is 1. The van der Waals surface area contributed by atoms with E-state index in [1.54, 1.807) is 12.1 Å². The molecule has 0 radical (unpaired) electrons. The van der Waals surface area contributed by atoms with Crippen molar-refractivity contribution in [3.05, 3.63) is 53.3 Å². The van der Waals surface area contributed by atoms with Gasteiger partial charge in [0.2, 0.25) is 0 Å². The van der Waals surface area contributed by atoms with Crippen molar-refractivity contribution in [2.75, 3.05) is 19.8 Å². The van der Waals surface area contributed by atoms with Crippen LogP contribution in [0, 0.1) is 17.1 Å². The van der Waals surface area contributed by atoms with Crippen LogP contribution in [0.3, 0.4) is 0 Å². The third kappa shape index (κ3) is 3.30. The molecule has 0 fully saturated rings. The largest absolute Gasteiger partial charge is 0.455 e. The van der Waals surface area contributed by atoms with E-state index >= 15 is 0 Å². The van der Waals surface area contributed by atoms with Gasteiger partial charge >= 0.3 is 0 Å². The molecule has 5 heteroatoms. The minimum absolute atomic E-state index is 0.0959. The SMILES string of the molecule is CN(C)Cc1ccccc1Oc1ccc(C#N)c(F)c1N. The van der Waals surface area contributed by atoms with Gasteiger partial charge in [-0.15, -0.1) is 0 Å². The van der Waals surface area contributed by atoms with Crippen LogP contribution in [0.25, 0.3) is 0 Å². The number of nitrogens with zero attached hydrogens (tertiary/aromatic N) is 2. The molecular weight excluding hydrogens is 269 g/mol. The molecule has 0 aromatic heterocycles. The Bertz CT molecular complexity index is 692. The standard InChI is InChI=1S/C16H16FN3O/c1-20(2)10-12-5-3-4-6-13(12)21-14-8-7-11(9-18)15(17)16(14)19/h3-8H,10,19H2,1-2H3. The van der Waals surface area contributed by atoms with Gasteiger partial charge in [-0.05, 0) is 32.3 Å². The number of nitrogens with two attached hydrogens (primary N) is 1. The van der Waals surface area contributed by atoms with Gasteiger partial charge < -0.3 is 15.4 Å². The van der Waals surface area contributed by atoms with Gasteiger partial charge in [0, 0.05) is 12.1 Å². The van der Waals surface area contributed by atoms with Crippen LogP contribution in [-0.2, 0) is 6.54 Å². The quantitative estimate of drug-likeness (QED) is 0.877. The van der Waals surface area contributed by atoms with Crippen LogP contribution in [0.1, 0.15) is 11.1 Å². The van der Waals surface area contributed by atoms with E-state index in [-0.39, 0.29) is 17.0 Å². The number of hydrogen-bond donors (Lipinski definition) is 1. The second-order valence-electron chi connectivity index (χ2n) is 4.90. The average Bonchev–Trinajstić information content (AvgIpc) is 2.45. The lowest BCUT2D eigenvalue weighted by molar-refractivity contribution is 0.388. The second kappa shape index (κ2) is 6.25. The van der Waals surface area contributed by atoms with Crippen LogP contribution in [0.5, 0.6) is 11.5 Å². The highest BCUT2D eigenvalue weighted by molar-refractivity contribution is 5.59. The van der Waals surface area contributed by atoms with Crippen molar-refractivity contribution in [2.45, 2.75) is 6.54 Å². The highest BCUT2D eigenvalue weighted by Crippen LogP contribution is 2.32. The molecule has 0 bridgehead atoms. The summed E-state index contributed by atoms with van der Waals surface area (Å²) in [6.07, 6.45) is 0. The number of hydrogen-bond acceptors (Lipinski definition) is 4. The van der Waals surface area contributed by atoms with Crippen molar-refractivity contribution in [1.82, 2.24) is 4.90 Å². The van der Waals surface area contributed by atoms with E-state index in [1.165, 1.54) is 12.1 Å². The fourth-order valence-electron chi connectivity index (χ4n) is 1.94. The van der Waals surface area contributed by atoms with E-state index in [9.17, 15) is 4.39 Å². The van der Waals surface area contributed by atoms with Crippen molar-refractivity contribution >= 4 is 5.69 Å². The molecule has 0 atom stereocenters. The fourth-order valence-corrected chi connectivity index (χ4v) is 1.94. The molecule has 0 aliphatic rings. The van der Waals surface area contributed by atoms with Gasteiger partial charge in [0.1, 0.15) is 17.5 Å². The molecule has 108 valence electrons. The summed E-state index contributed by atoms with van der Waals surface area (Å²) in [5, 5.41) is 8.77. The molecule has 0 heterocycles. The molecule has 4 nitrogen and oxygen atoms in total. The molecular formula is C16H16FN3O. The van der Waals surface area contributed by atoms with E-state index in [1.807, 2.05) is 37.2 Å². The van der Waals surface area contributed by atoms with Gasteiger partial charge in [-0.25, -0.2) is 4.39 Å². The first kappa shape index (κ1) is 14.8. The molecule has 0 saturated carbocycles. The number of halogens is 1. The van der Waals surface area contributed by atoms with Gasteiger partial charge in [0.25, 0.3) is 0 Å². The van der Waals surface area contributed by atoms with E-state index in [2.05, 4.69) is 0 Å². The van der Waals surface area contributed by atoms with Crippen LogP contribution in [0.4, 0.5) is 10.1 Å². The van der Waals surface area contributed by atoms with Crippen LogP contribution in [0.2, 0.25) is 0 Å². The van der Waals surface area contributed by atoms with Gasteiger partial charge in [-0.1, -0.05) is 18.2 Å². The summed E-state index contributed by atoms with van der Waals surface area (Å²) < 4.78 is 19.6. The van der Waals surface area contributed by atoms with Crippen LogP contribution in [0.15, 0.2) is 36.4 Å². The highest BCUT2D eigenvalue weighted by atomic mass is 19.1. The summed E-state index contributed by atoms with van der Waals surface area (Å²) in [5.74, 6) is 0.0693. The zero-order valence-corrected chi connectivity index (χ0v) is 11.9. The number of benzene rings is 2. The first-order valence-electron chi connectivity index (χ1n) is 6.41. The maximum atomic E-state index is 13.8. The number of rotatable bonds is 4. The molecule has 21 heavy (non-hydrogen) atoms. The molecule has 2 aromatic rings. The molecule has 0 unspecified atom stereocenters. The van der Waals surface area contributed by atoms with E-state index < -0.39 is 5.82 Å². The molecule has 2 rings (SSSR count). The lowest BCUT2D eigenvalue weighted by Gasteiger charge is -2.16. The smallest absolute Gasteiger partial charge is 0.167 e. The normalized spacial score (nSPS) is 10.4. The first-order valence-corrected chi connectivity index (χ1v) is 6.41. The number of nitriles is 1. The Morgan fingerprint density at radius 1 is 1.19 bits per heavy atom. The van der Waals surface area contributed by atoms with Gasteiger partial charge in [-0.2, -0.15) is 5.26 Å². The Labute approximate surface area is 123 Å². The summed E-state index contributed by atoms with van der Waals surface area (Å²) in [7, 11) is 3.90. The van der Waals surface area contributed by atoms with Crippen molar-refractivity contribution in [1.29, 1.82) is 5.26 Å². The summed E-state index contributed by atoms with van der Waals surface area (Å²) in [6.45, 7) is 0.689. The molecule has 0 amide bonds. The zero-order valence-electron chi connectivity index (χ0n) is 11.9. The minimum atomic E-state index is -0.750. The minimum Gasteiger partial charge on any atom is -0.455 e. The third-order valence-corrected chi connectivity index (χ3v) is 2.94. The summed E-state index contributed by atoms with van der Waals surface area (Å²) >= 11 is 0. The van der Waals surface area contributed by atoms with E-state index in [4.69, 9.17) is 15.7 Å². The monoisotopic (exact) mass is 285 g/mol. The lowest BCUT2D eigenvalue weighted by atomic mass is 10.1. The Kier molecular flexibility index (Phi) is 4.41. The summed E-state index contributed by atoms with van der Waals surface area (Å²) in [5.41, 5.74) is 6.41. The molecule has 0 spiro atoms. The Hall–Kier alpha value is -2.58. The topological polar surface area (TPSA) is 62.3 Å². The Morgan fingerprint density at radius 2 is 1.90 bits per heavy atom. The number of para-hydroxylation sites is 1. The number of nitrogen functional groups attached to an aromatic ring is 1. The number of anilines is 1. The third-order valence-electron chi connectivity index (χ3n) is 2.94.